The van der Waals surface area contributed by atoms with E-state index in [1.54, 1.807) is 0 Å². The molecule has 0 saturated carbocycles. The molecule has 0 atom stereocenters. The van der Waals surface area contributed by atoms with Crippen molar-refractivity contribution in [1.82, 2.24) is 9.97 Å². The molecule has 1 heterocycles. The van der Waals surface area contributed by atoms with Crippen LogP contribution in [0.25, 0.3) is 0 Å². The second kappa shape index (κ2) is 8.69. The van der Waals surface area contributed by atoms with Crippen molar-refractivity contribution in [2.75, 3.05) is 36.9 Å². The number of rotatable bonds is 9. The molecule has 0 fully saturated rings. The van der Waals surface area contributed by atoms with Gasteiger partial charge in [0.25, 0.3) is 0 Å². The predicted octanol–water partition coefficient (Wildman–Crippen LogP) is 2.17. The summed E-state index contributed by atoms with van der Waals surface area (Å²) < 4.78 is 0. The molecule has 0 amide bonds. The van der Waals surface area contributed by atoms with Gasteiger partial charge in [0, 0.05) is 26.2 Å². The molecule has 0 unspecified atom stereocenters. The molecule has 0 aromatic carbocycles. The summed E-state index contributed by atoms with van der Waals surface area (Å²) in [6, 6.07) is 2.01. The van der Waals surface area contributed by atoms with Crippen LogP contribution in [-0.4, -0.2) is 36.6 Å². The smallest absolute Gasteiger partial charge is 0.134 e. The normalized spacial score (nSPS) is 10.5. The highest BCUT2D eigenvalue weighted by Gasteiger charge is 2.06. The number of aromatic nitrogens is 2. The third-order valence-electron chi connectivity index (χ3n) is 3.00. The molecule has 1 aromatic heterocycles. The van der Waals surface area contributed by atoms with Gasteiger partial charge in [0.15, 0.2) is 0 Å². The van der Waals surface area contributed by atoms with E-state index < -0.39 is 0 Å². The maximum Gasteiger partial charge on any atom is 0.134 e. The molecule has 19 heavy (non-hydrogen) atoms. The Balaban J connectivity index is 2.61. The van der Waals surface area contributed by atoms with Gasteiger partial charge in [0.1, 0.15) is 17.5 Å². The van der Waals surface area contributed by atoms with Crippen molar-refractivity contribution in [2.24, 2.45) is 5.73 Å². The molecular weight excluding hydrogens is 238 g/mol. The van der Waals surface area contributed by atoms with Crippen molar-refractivity contribution >= 4 is 11.6 Å². The largest absolute Gasteiger partial charge is 0.370 e. The van der Waals surface area contributed by atoms with Crippen LogP contribution in [0.4, 0.5) is 11.6 Å². The molecule has 0 aliphatic rings. The molecule has 0 aliphatic heterocycles. The van der Waals surface area contributed by atoms with E-state index in [4.69, 9.17) is 5.73 Å². The minimum Gasteiger partial charge on any atom is -0.370 e. The first-order chi connectivity index (χ1) is 9.17. The Morgan fingerprint density at radius 3 is 2.74 bits per heavy atom. The minimum absolute atomic E-state index is 0.695. The molecule has 0 bridgehead atoms. The highest BCUT2D eigenvalue weighted by molar-refractivity contribution is 5.48. The molecule has 0 aliphatic carbocycles. The van der Waals surface area contributed by atoms with Gasteiger partial charge in [0.05, 0.1) is 0 Å². The summed E-state index contributed by atoms with van der Waals surface area (Å²) in [6.07, 6.45) is 4.65. The zero-order valence-electron chi connectivity index (χ0n) is 12.4. The average Bonchev–Trinajstić information content (AvgIpc) is 2.38. The summed E-state index contributed by atoms with van der Waals surface area (Å²) in [4.78, 5) is 11.1. The number of nitrogens with two attached hydrogens (primary N) is 1. The SMILES string of the molecule is CCCCCN(C)c1cc(NCCCN)nc(C)n1. The second-order valence-electron chi connectivity index (χ2n) is 4.86. The van der Waals surface area contributed by atoms with Gasteiger partial charge < -0.3 is 16.0 Å². The van der Waals surface area contributed by atoms with Gasteiger partial charge in [-0.15, -0.1) is 0 Å². The van der Waals surface area contributed by atoms with Crippen LogP contribution in [0.3, 0.4) is 0 Å². The highest BCUT2D eigenvalue weighted by atomic mass is 15.2. The molecule has 5 nitrogen and oxygen atoms in total. The summed E-state index contributed by atoms with van der Waals surface area (Å²) in [5.74, 6) is 2.67. The summed E-state index contributed by atoms with van der Waals surface area (Å²) in [6.45, 7) is 6.73. The van der Waals surface area contributed by atoms with Crippen molar-refractivity contribution in [2.45, 2.75) is 39.5 Å². The van der Waals surface area contributed by atoms with Gasteiger partial charge in [-0.25, -0.2) is 9.97 Å². The topological polar surface area (TPSA) is 67.1 Å². The van der Waals surface area contributed by atoms with E-state index in [2.05, 4.69) is 34.2 Å². The summed E-state index contributed by atoms with van der Waals surface area (Å²) in [5.41, 5.74) is 5.49. The quantitative estimate of drug-likeness (QED) is 0.670. The molecular formula is C14H27N5. The molecule has 108 valence electrons. The van der Waals surface area contributed by atoms with E-state index in [-0.39, 0.29) is 0 Å². The van der Waals surface area contributed by atoms with E-state index in [0.29, 0.717) is 6.54 Å². The van der Waals surface area contributed by atoms with Crippen LogP contribution in [0.5, 0.6) is 0 Å². The molecule has 3 N–H and O–H groups in total. The molecule has 5 heteroatoms. The summed E-state index contributed by atoms with van der Waals surface area (Å²) in [7, 11) is 2.08. The lowest BCUT2D eigenvalue weighted by atomic mass is 10.2. The maximum atomic E-state index is 5.49. The Kier molecular flexibility index (Phi) is 7.18. The second-order valence-corrected chi connectivity index (χ2v) is 4.86. The van der Waals surface area contributed by atoms with Gasteiger partial charge >= 0.3 is 0 Å². The molecule has 0 radical (unpaired) electrons. The van der Waals surface area contributed by atoms with Gasteiger partial charge in [-0.3, -0.25) is 0 Å². The van der Waals surface area contributed by atoms with Gasteiger partial charge in [-0.2, -0.15) is 0 Å². The third kappa shape index (κ3) is 5.87. The van der Waals surface area contributed by atoms with Crippen molar-refractivity contribution < 1.29 is 0 Å². The standard InChI is InChI=1S/C14H27N5/c1-4-5-6-10-19(3)14-11-13(16-9-7-8-15)17-12(2)18-14/h11H,4-10,15H2,1-3H3,(H,16,17,18). The first-order valence-electron chi connectivity index (χ1n) is 7.18. The fourth-order valence-corrected chi connectivity index (χ4v) is 1.87. The van der Waals surface area contributed by atoms with Crippen LogP contribution in [0.1, 0.15) is 38.4 Å². The van der Waals surface area contributed by atoms with Crippen LogP contribution in [0, 0.1) is 6.92 Å². The zero-order valence-corrected chi connectivity index (χ0v) is 12.4. The number of hydrogen-bond acceptors (Lipinski definition) is 5. The van der Waals surface area contributed by atoms with Crippen molar-refractivity contribution in [1.29, 1.82) is 0 Å². The summed E-state index contributed by atoms with van der Waals surface area (Å²) in [5, 5.41) is 3.29. The van der Waals surface area contributed by atoms with Crippen LogP contribution < -0.4 is 16.0 Å². The van der Waals surface area contributed by atoms with E-state index >= 15 is 0 Å². The number of anilines is 2. The highest BCUT2D eigenvalue weighted by Crippen LogP contribution is 2.15. The maximum absolute atomic E-state index is 5.49. The Labute approximate surface area is 116 Å². The first-order valence-corrected chi connectivity index (χ1v) is 7.18. The lowest BCUT2D eigenvalue weighted by Gasteiger charge is -2.19. The van der Waals surface area contributed by atoms with Gasteiger partial charge in [-0.05, 0) is 26.3 Å². The molecule has 0 spiro atoms. The van der Waals surface area contributed by atoms with Crippen LogP contribution >= 0.6 is 0 Å². The first kappa shape index (κ1) is 15.7. The van der Waals surface area contributed by atoms with Crippen molar-refractivity contribution in [3.63, 3.8) is 0 Å². The fraction of sp³-hybridized carbons (Fsp3) is 0.714. The zero-order chi connectivity index (χ0) is 14.1. The Morgan fingerprint density at radius 2 is 2.05 bits per heavy atom. The third-order valence-corrected chi connectivity index (χ3v) is 3.00. The molecule has 1 aromatic rings. The average molecular weight is 265 g/mol. The lowest BCUT2D eigenvalue weighted by Crippen LogP contribution is -2.20. The number of aryl methyl sites for hydroxylation is 1. The van der Waals surface area contributed by atoms with E-state index in [9.17, 15) is 0 Å². The van der Waals surface area contributed by atoms with Gasteiger partial charge in [-0.1, -0.05) is 19.8 Å². The Hall–Kier alpha value is -1.36. The Bertz CT molecular complexity index is 367. The predicted molar refractivity (Wildman–Crippen MR) is 81.7 cm³/mol. The Morgan fingerprint density at radius 1 is 1.26 bits per heavy atom. The summed E-state index contributed by atoms with van der Waals surface area (Å²) >= 11 is 0. The van der Waals surface area contributed by atoms with Crippen LogP contribution in [0.15, 0.2) is 6.07 Å². The van der Waals surface area contributed by atoms with Crippen LogP contribution in [-0.2, 0) is 0 Å². The molecule has 1 rings (SSSR count). The lowest BCUT2D eigenvalue weighted by molar-refractivity contribution is 0.700. The fourth-order valence-electron chi connectivity index (χ4n) is 1.87. The van der Waals surface area contributed by atoms with Gasteiger partial charge in [0.2, 0.25) is 0 Å². The van der Waals surface area contributed by atoms with E-state index in [0.717, 1.165) is 37.0 Å². The van der Waals surface area contributed by atoms with E-state index in [1.165, 1.54) is 19.3 Å². The monoisotopic (exact) mass is 265 g/mol. The van der Waals surface area contributed by atoms with Crippen LogP contribution in [0.2, 0.25) is 0 Å². The number of nitrogens with zero attached hydrogens (tertiary/aromatic N) is 3. The van der Waals surface area contributed by atoms with E-state index in [1.807, 2.05) is 13.0 Å². The number of unbranched alkanes of at least 4 members (excludes halogenated alkanes) is 2. The van der Waals surface area contributed by atoms with Crippen molar-refractivity contribution in [3.8, 4) is 0 Å². The van der Waals surface area contributed by atoms with Crippen molar-refractivity contribution in [3.05, 3.63) is 11.9 Å². The number of nitrogens with one attached hydrogen (secondary N) is 1. The number of hydrogen-bond donors (Lipinski definition) is 2. The molecule has 0 saturated heterocycles. The minimum atomic E-state index is 0.695.